The number of nitrogens with zero attached hydrogens (tertiary/aromatic N) is 3. The normalized spacial score (nSPS) is 15.0. The Bertz CT molecular complexity index is 2000. The molecule has 1 atom stereocenters. The first-order valence-electron chi connectivity index (χ1n) is 16.1. The van der Waals surface area contributed by atoms with Crippen molar-refractivity contribution < 1.29 is 14.7 Å². The number of carboxylic acid groups (broad SMARTS) is 1. The molecule has 0 spiro atoms. The number of benzene rings is 5. The molecular weight excluding hydrogens is 620 g/mol. The van der Waals surface area contributed by atoms with Gasteiger partial charge in [0.1, 0.15) is 5.54 Å². The van der Waals surface area contributed by atoms with Crippen LogP contribution in [0.1, 0.15) is 35.1 Å². The van der Waals surface area contributed by atoms with Crippen molar-refractivity contribution in [1.82, 2.24) is 14.7 Å². The fourth-order valence-electron chi connectivity index (χ4n) is 6.98. The largest absolute Gasteiger partial charge is 0.465 e. The predicted octanol–water partition coefficient (Wildman–Crippen LogP) is 8.83. The third-order valence-electron chi connectivity index (χ3n) is 9.31. The number of amides is 2. The number of hydrogen-bond donors (Lipinski definition) is 2. The Balaban J connectivity index is 1.48. The second kappa shape index (κ2) is 13.0. The van der Waals surface area contributed by atoms with E-state index in [2.05, 4.69) is 41.7 Å². The summed E-state index contributed by atoms with van der Waals surface area (Å²) in [7, 11) is 0. The molecule has 8 heteroatoms. The molecule has 7 rings (SSSR count). The second-order valence-corrected chi connectivity index (χ2v) is 12.7. The Morgan fingerprint density at radius 2 is 1.44 bits per heavy atom. The number of anilines is 1. The molecule has 2 N–H and O–H groups in total. The summed E-state index contributed by atoms with van der Waals surface area (Å²) in [6.07, 6.45) is 0.204. The van der Waals surface area contributed by atoms with Crippen LogP contribution in [0.15, 0.2) is 127 Å². The zero-order chi connectivity index (χ0) is 33.3. The number of hydrogen-bond acceptors (Lipinski definition) is 3. The molecule has 1 aliphatic rings. The summed E-state index contributed by atoms with van der Waals surface area (Å²) in [5.41, 5.74) is 5.72. The standard InChI is InChI=1S/C40H35ClN4O3/c1-27-19-21-33(35(41)24-27)28-20-22-36-34(25-28)37(42-38(46)29-12-11-23-44(26-29)39(47)48)43-45(36)40(30-13-5-2-6-14-30,31-15-7-3-8-16-31)32-17-9-4-10-18-32/h2-10,13-22,24-25,29H,11-12,23,26H2,1H3,(H,47,48)(H,42,43,46)/t29-/m1/s1. The fourth-order valence-corrected chi connectivity index (χ4v) is 7.32. The number of carbonyl (C=O) groups excluding carboxylic acids is 1. The Morgan fingerprint density at radius 1 is 0.833 bits per heavy atom. The number of piperidine rings is 1. The lowest BCUT2D eigenvalue weighted by atomic mass is 9.77. The molecule has 1 aliphatic heterocycles. The summed E-state index contributed by atoms with van der Waals surface area (Å²) in [5.74, 6) is -0.345. The number of nitrogens with one attached hydrogen (secondary N) is 1. The van der Waals surface area contributed by atoms with Gasteiger partial charge in [0, 0.05) is 29.1 Å². The lowest BCUT2D eigenvalue weighted by Crippen LogP contribution is -2.43. The van der Waals surface area contributed by atoms with Crippen molar-refractivity contribution in [2.45, 2.75) is 25.3 Å². The molecule has 0 aliphatic carbocycles. The number of aryl methyl sites for hydroxylation is 1. The molecule has 0 bridgehead atoms. The van der Waals surface area contributed by atoms with Crippen LogP contribution in [0.3, 0.4) is 0 Å². The average molecular weight is 655 g/mol. The fraction of sp³-hybridized carbons (Fsp3) is 0.175. The van der Waals surface area contributed by atoms with Crippen LogP contribution >= 0.6 is 11.6 Å². The summed E-state index contributed by atoms with van der Waals surface area (Å²) >= 11 is 6.75. The quantitative estimate of drug-likeness (QED) is 0.168. The first-order valence-corrected chi connectivity index (χ1v) is 16.5. The van der Waals surface area contributed by atoms with E-state index in [4.69, 9.17) is 16.7 Å². The third kappa shape index (κ3) is 5.60. The monoisotopic (exact) mass is 654 g/mol. The van der Waals surface area contributed by atoms with Crippen LogP contribution in [-0.2, 0) is 10.3 Å². The number of halogens is 1. The lowest BCUT2D eigenvalue weighted by Gasteiger charge is -2.37. The van der Waals surface area contributed by atoms with Gasteiger partial charge in [-0.25, -0.2) is 9.48 Å². The first kappa shape index (κ1) is 31.2. The number of carbonyl (C=O) groups is 2. The minimum atomic E-state index is -1.01. The van der Waals surface area contributed by atoms with Crippen molar-refractivity contribution in [3.8, 4) is 11.1 Å². The highest BCUT2D eigenvalue weighted by atomic mass is 35.5. The van der Waals surface area contributed by atoms with Crippen LogP contribution in [0, 0.1) is 12.8 Å². The summed E-state index contributed by atoms with van der Waals surface area (Å²) in [6, 6.07) is 42.9. The van der Waals surface area contributed by atoms with E-state index < -0.39 is 17.6 Å². The minimum Gasteiger partial charge on any atom is -0.465 e. The number of fused-ring (bicyclic) bond motifs is 1. The molecule has 1 aromatic heterocycles. The van der Waals surface area contributed by atoms with Gasteiger partial charge < -0.3 is 15.3 Å². The van der Waals surface area contributed by atoms with Crippen LogP contribution in [0.4, 0.5) is 10.6 Å². The maximum atomic E-state index is 13.9. The maximum absolute atomic E-state index is 13.9. The van der Waals surface area contributed by atoms with E-state index in [0.717, 1.165) is 44.3 Å². The smallest absolute Gasteiger partial charge is 0.407 e. The van der Waals surface area contributed by atoms with Gasteiger partial charge in [0.2, 0.25) is 5.91 Å². The zero-order valence-electron chi connectivity index (χ0n) is 26.5. The van der Waals surface area contributed by atoms with Gasteiger partial charge in [-0.2, -0.15) is 5.10 Å². The van der Waals surface area contributed by atoms with Gasteiger partial charge >= 0.3 is 6.09 Å². The molecule has 48 heavy (non-hydrogen) atoms. The van der Waals surface area contributed by atoms with Gasteiger partial charge in [0.25, 0.3) is 0 Å². The van der Waals surface area contributed by atoms with E-state index in [0.29, 0.717) is 30.2 Å². The Morgan fingerprint density at radius 3 is 2.00 bits per heavy atom. The van der Waals surface area contributed by atoms with Gasteiger partial charge in [-0.15, -0.1) is 0 Å². The van der Waals surface area contributed by atoms with Crippen LogP contribution in [-0.4, -0.2) is 44.9 Å². The lowest BCUT2D eigenvalue weighted by molar-refractivity contribution is -0.121. The van der Waals surface area contributed by atoms with E-state index >= 15 is 0 Å². The highest BCUT2D eigenvalue weighted by Gasteiger charge is 2.41. The molecule has 0 radical (unpaired) electrons. The van der Waals surface area contributed by atoms with Crippen molar-refractivity contribution in [2.75, 3.05) is 18.4 Å². The van der Waals surface area contributed by atoms with Crippen LogP contribution in [0.25, 0.3) is 22.0 Å². The Labute approximate surface area is 284 Å². The molecular formula is C40H35ClN4O3. The van der Waals surface area contributed by atoms with Gasteiger partial charge in [0.05, 0.1) is 11.4 Å². The Hall–Kier alpha value is -5.40. The van der Waals surface area contributed by atoms with Crippen LogP contribution < -0.4 is 5.32 Å². The van der Waals surface area contributed by atoms with Crippen molar-refractivity contribution in [1.29, 1.82) is 0 Å². The number of likely N-dealkylation sites (tertiary alicyclic amines) is 1. The van der Waals surface area contributed by atoms with E-state index in [1.54, 1.807) is 0 Å². The number of rotatable bonds is 7. The maximum Gasteiger partial charge on any atom is 0.407 e. The topological polar surface area (TPSA) is 87.5 Å². The molecule has 7 nitrogen and oxygen atoms in total. The number of aromatic nitrogens is 2. The van der Waals surface area contributed by atoms with Gasteiger partial charge in [-0.05, 0) is 65.8 Å². The van der Waals surface area contributed by atoms with E-state index in [9.17, 15) is 14.7 Å². The highest BCUT2D eigenvalue weighted by molar-refractivity contribution is 6.33. The molecule has 240 valence electrons. The van der Waals surface area contributed by atoms with Gasteiger partial charge in [-0.3, -0.25) is 4.79 Å². The molecule has 0 saturated carbocycles. The minimum absolute atomic E-state index is 0.145. The highest BCUT2D eigenvalue weighted by Crippen LogP contribution is 2.44. The second-order valence-electron chi connectivity index (χ2n) is 12.3. The van der Waals surface area contributed by atoms with Crippen molar-refractivity contribution >= 4 is 40.3 Å². The van der Waals surface area contributed by atoms with Crippen LogP contribution in [0.5, 0.6) is 0 Å². The Kier molecular flexibility index (Phi) is 8.46. The van der Waals surface area contributed by atoms with E-state index in [-0.39, 0.29) is 12.5 Å². The molecule has 2 heterocycles. The summed E-state index contributed by atoms with van der Waals surface area (Å²) in [4.78, 5) is 27.0. The SMILES string of the molecule is Cc1ccc(-c2ccc3c(c2)c(NC(=O)[C@@H]2CCCN(C(=O)O)C2)nn3C(c2ccccc2)(c2ccccc2)c2ccccc2)c(Cl)c1. The average Bonchev–Trinajstić information content (AvgIpc) is 3.47. The van der Waals surface area contributed by atoms with Crippen molar-refractivity contribution in [3.05, 3.63) is 155 Å². The van der Waals surface area contributed by atoms with Gasteiger partial charge in [0.15, 0.2) is 5.82 Å². The summed E-state index contributed by atoms with van der Waals surface area (Å²) in [6.45, 7) is 2.57. The zero-order valence-corrected chi connectivity index (χ0v) is 27.3. The third-order valence-corrected chi connectivity index (χ3v) is 9.62. The molecule has 1 fully saturated rings. The molecule has 1 saturated heterocycles. The summed E-state index contributed by atoms with van der Waals surface area (Å²) < 4.78 is 2.02. The van der Waals surface area contributed by atoms with Crippen molar-refractivity contribution in [3.63, 3.8) is 0 Å². The van der Waals surface area contributed by atoms with Crippen molar-refractivity contribution in [2.24, 2.45) is 5.92 Å². The van der Waals surface area contributed by atoms with Gasteiger partial charge in [-0.1, -0.05) is 121 Å². The molecule has 5 aromatic carbocycles. The van der Waals surface area contributed by atoms with E-state index in [1.807, 2.05) is 103 Å². The van der Waals surface area contributed by atoms with E-state index in [1.165, 1.54) is 4.90 Å². The molecule has 0 unspecified atom stereocenters. The molecule has 2 amide bonds. The first-order chi connectivity index (χ1) is 23.4. The molecule has 6 aromatic rings. The summed E-state index contributed by atoms with van der Waals surface area (Å²) in [5, 5.41) is 19.4. The van der Waals surface area contributed by atoms with Crippen LogP contribution in [0.2, 0.25) is 5.02 Å². The predicted molar refractivity (Wildman–Crippen MR) is 190 cm³/mol.